The van der Waals surface area contributed by atoms with Gasteiger partial charge in [-0.2, -0.15) is 0 Å². The van der Waals surface area contributed by atoms with Crippen LogP contribution in [0.25, 0.3) is 0 Å². The fourth-order valence-electron chi connectivity index (χ4n) is 1.29. The maximum atomic E-state index is 11.8. The quantitative estimate of drug-likeness (QED) is 0.585. The zero-order valence-electron chi connectivity index (χ0n) is 9.67. The third-order valence-corrected chi connectivity index (χ3v) is 2.17. The molecule has 0 saturated carbocycles. The molecule has 17 heavy (non-hydrogen) atoms. The van der Waals surface area contributed by atoms with Crippen molar-refractivity contribution in [2.75, 3.05) is 13.7 Å². The smallest absolute Gasteiger partial charge is 0.344 e. The Balaban J connectivity index is 3.20. The lowest BCUT2D eigenvalue weighted by Crippen LogP contribution is -2.54. The van der Waals surface area contributed by atoms with Crippen LogP contribution in [-0.2, 0) is 24.6 Å². The first-order valence-corrected chi connectivity index (χ1v) is 5.03. The molecule has 92 valence electrons. The van der Waals surface area contributed by atoms with Gasteiger partial charge in [0.15, 0.2) is 0 Å². The van der Waals surface area contributed by atoms with Gasteiger partial charge in [-0.25, -0.2) is 9.59 Å². The van der Waals surface area contributed by atoms with E-state index in [1.807, 2.05) is 0 Å². The third-order valence-electron chi connectivity index (χ3n) is 2.17. The maximum Gasteiger partial charge on any atom is 0.344 e. The first-order valence-electron chi connectivity index (χ1n) is 5.03. The number of methoxy groups -OCH3 is 1. The molecule has 0 amide bonds. The van der Waals surface area contributed by atoms with E-state index in [4.69, 9.17) is 10.5 Å². The van der Waals surface area contributed by atoms with Crippen LogP contribution in [0.5, 0.6) is 0 Å². The van der Waals surface area contributed by atoms with Gasteiger partial charge in [-0.3, -0.25) is 4.98 Å². The molecule has 0 radical (unpaired) electrons. The predicted octanol–water partition coefficient (Wildman–Crippen LogP) is -0.0283. The van der Waals surface area contributed by atoms with Crippen LogP contribution in [0.3, 0.4) is 0 Å². The summed E-state index contributed by atoms with van der Waals surface area (Å²) in [4.78, 5) is 27.3. The lowest BCUT2D eigenvalue weighted by Gasteiger charge is -2.23. The molecule has 1 aromatic rings. The summed E-state index contributed by atoms with van der Waals surface area (Å²) in [6.07, 6.45) is 1.43. The molecule has 0 aliphatic carbocycles. The molecule has 1 rings (SSSR count). The summed E-state index contributed by atoms with van der Waals surface area (Å²) in [5, 5.41) is 0. The molecule has 0 saturated heterocycles. The Kier molecular flexibility index (Phi) is 4.17. The highest BCUT2D eigenvalue weighted by Crippen LogP contribution is 2.19. The number of carbonyl (C=O) groups is 2. The highest BCUT2D eigenvalue weighted by Gasteiger charge is 2.48. The summed E-state index contributed by atoms with van der Waals surface area (Å²) in [6.45, 7) is 1.73. The SMILES string of the molecule is CCOC(=O)C(N)(C(=O)OC)c1ccccn1. The maximum absolute atomic E-state index is 11.8. The van der Waals surface area contributed by atoms with Gasteiger partial charge in [0.25, 0.3) is 5.54 Å². The number of hydrogen-bond donors (Lipinski definition) is 1. The molecule has 1 unspecified atom stereocenters. The first-order chi connectivity index (χ1) is 8.07. The normalized spacial score (nSPS) is 13.6. The van der Waals surface area contributed by atoms with Gasteiger partial charge in [0.05, 0.1) is 19.4 Å². The zero-order chi connectivity index (χ0) is 12.9. The second kappa shape index (κ2) is 5.40. The summed E-state index contributed by atoms with van der Waals surface area (Å²) in [5.74, 6) is -1.79. The first kappa shape index (κ1) is 13.1. The molecule has 0 bridgehead atoms. The minimum atomic E-state index is -2.02. The van der Waals surface area contributed by atoms with Crippen LogP contribution in [0.1, 0.15) is 12.6 Å². The number of pyridine rings is 1. The number of nitrogens with two attached hydrogens (primary N) is 1. The molecule has 0 aliphatic heterocycles. The van der Waals surface area contributed by atoms with Gasteiger partial charge in [0, 0.05) is 6.20 Å². The van der Waals surface area contributed by atoms with Gasteiger partial charge in [-0.1, -0.05) is 6.07 Å². The van der Waals surface area contributed by atoms with Gasteiger partial charge in [0.1, 0.15) is 0 Å². The Bertz CT molecular complexity index is 407. The van der Waals surface area contributed by atoms with Crippen LogP contribution < -0.4 is 5.73 Å². The molecule has 1 heterocycles. The molecule has 0 fully saturated rings. The van der Waals surface area contributed by atoms with Crippen molar-refractivity contribution in [3.05, 3.63) is 30.1 Å². The van der Waals surface area contributed by atoms with Crippen LogP contribution >= 0.6 is 0 Å². The largest absolute Gasteiger partial charge is 0.467 e. The van der Waals surface area contributed by atoms with Crippen LogP contribution in [0.15, 0.2) is 24.4 Å². The van der Waals surface area contributed by atoms with E-state index in [-0.39, 0.29) is 12.3 Å². The molecule has 6 heteroatoms. The van der Waals surface area contributed by atoms with E-state index < -0.39 is 17.5 Å². The van der Waals surface area contributed by atoms with E-state index in [2.05, 4.69) is 9.72 Å². The second-order valence-electron chi connectivity index (χ2n) is 3.24. The minimum Gasteiger partial charge on any atom is -0.467 e. The molecule has 1 atom stereocenters. The Labute approximate surface area is 98.7 Å². The summed E-state index contributed by atoms with van der Waals surface area (Å²) < 4.78 is 9.31. The highest BCUT2D eigenvalue weighted by molar-refractivity contribution is 6.05. The number of nitrogens with zero attached hydrogens (tertiary/aromatic N) is 1. The molecule has 0 aliphatic rings. The molecular weight excluding hydrogens is 224 g/mol. The van der Waals surface area contributed by atoms with Gasteiger partial charge in [-0.05, 0) is 19.1 Å². The highest BCUT2D eigenvalue weighted by atomic mass is 16.6. The van der Waals surface area contributed by atoms with Crippen LogP contribution in [0, 0.1) is 0 Å². The average molecular weight is 238 g/mol. The number of esters is 2. The van der Waals surface area contributed by atoms with Crippen molar-refractivity contribution in [3.8, 4) is 0 Å². The van der Waals surface area contributed by atoms with Crippen molar-refractivity contribution in [3.63, 3.8) is 0 Å². The molecule has 1 aromatic heterocycles. The van der Waals surface area contributed by atoms with E-state index >= 15 is 0 Å². The Morgan fingerprint density at radius 3 is 2.59 bits per heavy atom. The number of rotatable bonds is 4. The van der Waals surface area contributed by atoms with E-state index in [9.17, 15) is 9.59 Å². The predicted molar refractivity (Wildman–Crippen MR) is 58.8 cm³/mol. The van der Waals surface area contributed by atoms with Crippen molar-refractivity contribution in [1.82, 2.24) is 4.98 Å². The Hall–Kier alpha value is -1.95. The van der Waals surface area contributed by atoms with Crippen molar-refractivity contribution in [2.24, 2.45) is 5.73 Å². The number of ether oxygens (including phenoxy) is 2. The number of carbonyl (C=O) groups excluding carboxylic acids is 2. The van der Waals surface area contributed by atoms with E-state index in [1.54, 1.807) is 19.1 Å². The lowest BCUT2D eigenvalue weighted by molar-refractivity contribution is -0.163. The molecule has 0 aromatic carbocycles. The molecule has 2 N–H and O–H groups in total. The van der Waals surface area contributed by atoms with Gasteiger partial charge in [-0.15, -0.1) is 0 Å². The van der Waals surface area contributed by atoms with Gasteiger partial charge < -0.3 is 15.2 Å². The Morgan fingerprint density at radius 2 is 2.12 bits per heavy atom. The standard InChI is InChI=1S/C11H14N2O4/c1-3-17-10(15)11(12,9(14)16-2)8-6-4-5-7-13-8/h4-7H,3,12H2,1-2H3. The van der Waals surface area contributed by atoms with Gasteiger partial charge in [0.2, 0.25) is 0 Å². The van der Waals surface area contributed by atoms with E-state index in [0.717, 1.165) is 7.11 Å². The zero-order valence-corrected chi connectivity index (χ0v) is 9.67. The lowest BCUT2D eigenvalue weighted by atomic mass is 9.96. The third kappa shape index (κ3) is 2.42. The Morgan fingerprint density at radius 1 is 1.41 bits per heavy atom. The monoisotopic (exact) mass is 238 g/mol. The van der Waals surface area contributed by atoms with Crippen LogP contribution in [0.4, 0.5) is 0 Å². The van der Waals surface area contributed by atoms with E-state index in [0.29, 0.717) is 0 Å². The van der Waals surface area contributed by atoms with Gasteiger partial charge >= 0.3 is 11.9 Å². The minimum absolute atomic E-state index is 0.0882. The summed E-state index contributed by atoms with van der Waals surface area (Å²) in [6, 6.07) is 4.73. The van der Waals surface area contributed by atoms with Crippen molar-refractivity contribution in [1.29, 1.82) is 0 Å². The molecule has 6 nitrogen and oxygen atoms in total. The fourth-order valence-corrected chi connectivity index (χ4v) is 1.29. The second-order valence-corrected chi connectivity index (χ2v) is 3.24. The van der Waals surface area contributed by atoms with Crippen molar-refractivity contribution < 1.29 is 19.1 Å². The van der Waals surface area contributed by atoms with Crippen LogP contribution in [-0.4, -0.2) is 30.6 Å². The number of hydrogen-bond acceptors (Lipinski definition) is 6. The fraction of sp³-hybridized carbons (Fsp3) is 0.364. The molecular formula is C11H14N2O4. The van der Waals surface area contributed by atoms with E-state index in [1.165, 1.54) is 12.3 Å². The average Bonchev–Trinajstić information content (AvgIpc) is 2.38. The topological polar surface area (TPSA) is 91.5 Å². The van der Waals surface area contributed by atoms with Crippen molar-refractivity contribution >= 4 is 11.9 Å². The van der Waals surface area contributed by atoms with Crippen LogP contribution in [0.2, 0.25) is 0 Å². The number of aromatic nitrogens is 1. The molecule has 0 spiro atoms. The summed E-state index contributed by atoms with van der Waals surface area (Å²) >= 11 is 0. The summed E-state index contributed by atoms with van der Waals surface area (Å²) in [7, 11) is 1.14. The van der Waals surface area contributed by atoms with Crippen molar-refractivity contribution in [2.45, 2.75) is 12.5 Å². The summed E-state index contributed by atoms with van der Waals surface area (Å²) in [5.41, 5.74) is 3.86.